The van der Waals surface area contributed by atoms with Crippen LogP contribution in [0.1, 0.15) is 36.0 Å². The van der Waals surface area contributed by atoms with Crippen molar-refractivity contribution in [2.45, 2.75) is 31.1 Å². The Labute approximate surface area is 151 Å². The van der Waals surface area contributed by atoms with Gasteiger partial charge in [-0.25, -0.2) is 13.2 Å². The lowest BCUT2D eigenvalue weighted by Gasteiger charge is -2.19. The molecule has 0 radical (unpaired) electrons. The van der Waals surface area contributed by atoms with Gasteiger partial charge in [0.2, 0.25) is 0 Å². The highest BCUT2D eigenvalue weighted by Gasteiger charge is 2.19. The minimum Gasteiger partial charge on any atom is -0.384 e. The molecule has 2 N–H and O–H groups in total. The van der Waals surface area contributed by atoms with E-state index in [9.17, 15) is 13.2 Å². The van der Waals surface area contributed by atoms with Crippen molar-refractivity contribution < 1.29 is 18.0 Å². The Bertz CT molecular complexity index is 862. The van der Waals surface area contributed by atoms with Crippen LogP contribution in [0, 0.1) is 0 Å². The summed E-state index contributed by atoms with van der Waals surface area (Å²) in [5.41, 5.74) is 6.55. The molecule has 8 heteroatoms. The van der Waals surface area contributed by atoms with Gasteiger partial charge < -0.3 is 10.6 Å². The minimum absolute atomic E-state index is 0.0707. The first-order chi connectivity index (χ1) is 11.6. The maximum Gasteiger partial charge on any atom is 0.375 e. The number of carbonyl (C=O) groups excluding carboxylic acids is 1. The summed E-state index contributed by atoms with van der Waals surface area (Å²) in [5, 5.41) is 5.14. The van der Waals surface area contributed by atoms with Crippen molar-refractivity contribution in [1.82, 2.24) is 0 Å². The maximum absolute atomic E-state index is 12.4. The van der Waals surface area contributed by atoms with Crippen molar-refractivity contribution in [1.29, 1.82) is 0 Å². The largest absolute Gasteiger partial charge is 0.384 e. The summed E-state index contributed by atoms with van der Waals surface area (Å²) < 4.78 is 24.8. The standard InChI is InChI=1S/C17H20N2O4S2/c1-17(2,3)12-6-8-13(9-7-12)25(21,22)11-15(18)19-23-16(20)14-5-4-10-24-14/h4-10H,11H2,1-3H3,(H2,18,19). The third-order valence-corrected chi connectivity index (χ3v) is 5.90. The van der Waals surface area contributed by atoms with Crippen molar-refractivity contribution in [3.05, 3.63) is 52.2 Å². The summed E-state index contributed by atoms with van der Waals surface area (Å²) in [4.78, 5) is 16.8. The summed E-state index contributed by atoms with van der Waals surface area (Å²) in [7, 11) is -3.67. The van der Waals surface area contributed by atoms with E-state index in [0.717, 1.165) is 5.56 Å². The Morgan fingerprint density at radius 3 is 2.36 bits per heavy atom. The normalized spacial score (nSPS) is 12.8. The predicted octanol–water partition coefficient (Wildman–Crippen LogP) is 2.95. The Morgan fingerprint density at radius 2 is 1.84 bits per heavy atom. The van der Waals surface area contributed by atoms with Crippen molar-refractivity contribution in [3.8, 4) is 0 Å². The van der Waals surface area contributed by atoms with E-state index in [-0.39, 0.29) is 16.1 Å². The lowest BCUT2D eigenvalue weighted by Crippen LogP contribution is -2.24. The topological polar surface area (TPSA) is 98.8 Å². The molecule has 0 aliphatic heterocycles. The average Bonchev–Trinajstić information content (AvgIpc) is 3.06. The lowest BCUT2D eigenvalue weighted by molar-refractivity contribution is 0.0521. The maximum atomic E-state index is 12.4. The van der Waals surface area contributed by atoms with Crippen LogP contribution < -0.4 is 5.73 Å². The minimum atomic E-state index is -3.67. The smallest absolute Gasteiger partial charge is 0.375 e. The summed E-state index contributed by atoms with van der Waals surface area (Å²) in [5.74, 6) is -1.49. The molecule has 1 heterocycles. The molecular formula is C17H20N2O4S2. The molecule has 0 saturated heterocycles. The van der Waals surface area contributed by atoms with E-state index in [4.69, 9.17) is 5.73 Å². The van der Waals surface area contributed by atoms with Gasteiger partial charge in [-0.3, -0.25) is 0 Å². The van der Waals surface area contributed by atoms with E-state index in [2.05, 4.69) is 9.99 Å². The Morgan fingerprint density at radius 1 is 1.20 bits per heavy atom. The second-order valence-corrected chi connectivity index (χ2v) is 9.41. The van der Waals surface area contributed by atoms with Gasteiger partial charge in [-0.1, -0.05) is 44.1 Å². The SMILES string of the molecule is CC(C)(C)c1ccc(S(=O)(=O)CC(N)=NOC(=O)c2cccs2)cc1. The Kier molecular flexibility index (Phi) is 5.64. The molecule has 1 aromatic carbocycles. The molecule has 0 fully saturated rings. The molecule has 0 atom stereocenters. The zero-order valence-corrected chi connectivity index (χ0v) is 15.9. The molecular weight excluding hydrogens is 360 g/mol. The molecule has 0 amide bonds. The molecule has 0 saturated carbocycles. The quantitative estimate of drug-likeness (QED) is 0.372. The molecule has 6 nitrogen and oxygen atoms in total. The molecule has 2 rings (SSSR count). The second-order valence-electron chi connectivity index (χ2n) is 6.47. The Hall–Kier alpha value is -2.19. The van der Waals surface area contributed by atoms with Crippen LogP contribution in [0.3, 0.4) is 0 Å². The fourth-order valence-electron chi connectivity index (χ4n) is 2.01. The van der Waals surface area contributed by atoms with Gasteiger partial charge in [-0.2, -0.15) is 0 Å². The van der Waals surface area contributed by atoms with Crippen molar-refractivity contribution in [2.24, 2.45) is 10.9 Å². The highest BCUT2D eigenvalue weighted by Crippen LogP contribution is 2.23. The number of oxime groups is 1. The second kappa shape index (κ2) is 7.37. The number of hydrogen-bond donors (Lipinski definition) is 1. The fourth-order valence-corrected chi connectivity index (χ4v) is 3.76. The van der Waals surface area contributed by atoms with Crippen LogP contribution in [0.2, 0.25) is 0 Å². The fraction of sp³-hybridized carbons (Fsp3) is 0.294. The number of nitrogens with zero attached hydrogens (tertiary/aromatic N) is 1. The van der Waals surface area contributed by atoms with Gasteiger partial charge in [0.1, 0.15) is 10.6 Å². The average molecular weight is 380 g/mol. The van der Waals surface area contributed by atoms with Crippen LogP contribution in [0.5, 0.6) is 0 Å². The van der Waals surface area contributed by atoms with Crippen LogP contribution >= 0.6 is 11.3 Å². The van der Waals surface area contributed by atoms with Gasteiger partial charge in [0.15, 0.2) is 15.7 Å². The number of benzene rings is 1. The zero-order chi connectivity index (χ0) is 18.7. The van der Waals surface area contributed by atoms with E-state index in [1.807, 2.05) is 20.8 Å². The molecule has 2 aromatic rings. The van der Waals surface area contributed by atoms with Crippen LogP contribution in [0.4, 0.5) is 0 Å². The third-order valence-electron chi connectivity index (χ3n) is 3.39. The summed E-state index contributed by atoms with van der Waals surface area (Å²) in [6.07, 6.45) is 0. The number of thiophene rings is 1. The van der Waals surface area contributed by atoms with E-state index >= 15 is 0 Å². The summed E-state index contributed by atoms with van der Waals surface area (Å²) >= 11 is 1.19. The van der Waals surface area contributed by atoms with Crippen LogP contribution in [0.15, 0.2) is 51.8 Å². The highest BCUT2D eigenvalue weighted by atomic mass is 32.2. The van der Waals surface area contributed by atoms with Gasteiger partial charge in [-0.05, 0) is 34.6 Å². The third kappa shape index (κ3) is 5.14. The summed E-state index contributed by atoms with van der Waals surface area (Å²) in [6, 6.07) is 9.90. The van der Waals surface area contributed by atoms with Crippen molar-refractivity contribution in [2.75, 3.05) is 5.75 Å². The van der Waals surface area contributed by atoms with Crippen molar-refractivity contribution in [3.63, 3.8) is 0 Å². The van der Waals surface area contributed by atoms with Gasteiger partial charge in [0, 0.05) is 0 Å². The number of amidine groups is 1. The van der Waals surface area contributed by atoms with Crippen LogP contribution in [-0.4, -0.2) is 26.0 Å². The molecule has 0 aliphatic rings. The molecule has 0 unspecified atom stereocenters. The molecule has 0 aliphatic carbocycles. The monoisotopic (exact) mass is 380 g/mol. The van der Waals surface area contributed by atoms with Gasteiger partial charge >= 0.3 is 5.97 Å². The predicted molar refractivity (Wildman–Crippen MR) is 98.6 cm³/mol. The van der Waals surface area contributed by atoms with Crippen LogP contribution in [-0.2, 0) is 20.1 Å². The van der Waals surface area contributed by atoms with Crippen LogP contribution in [0.25, 0.3) is 0 Å². The number of hydrogen-bond acceptors (Lipinski definition) is 6. The molecule has 1 aromatic heterocycles. The number of rotatable bonds is 5. The first kappa shape index (κ1) is 19.1. The van der Waals surface area contributed by atoms with Gasteiger partial charge in [0.05, 0.1) is 4.90 Å². The Balaban J connectivity index is 2.07. The molecule has 25 heavy (non-hydrogen) atoms. The lowest BCUT2D eigenvalue weighted by atomic mass is 9.87. The first-order valence-electron chi connectivity index (χ1n) is 7.50. The first-order valence-corrected chi connectivity index (χ1v) is 10.0. The van der Waals surface area contributed by atoms with Gasteiger partial charge in [-0.15, -0.1) is 11.3 Å². The molecule has 0 spiro atoms. The van der Waals surface area contributed by atoms with E-state index in [1.54, 1.807) is 41.8 Å². The van der Waals surface area contributed by atoms with E-state index in [0.29, 0.717) is 4.88 Å². The summed E-state index contributed by atoms with van der Waals surface area (Å²) in [6.45, 7) is 6.13. The van der Waals surface area contributed by atoms with Gasteiger partial charge in [0.25, 0.3) is 0 Å². The van der Waals surface area contributed by atoms with E-state index in [1.165, 1.54) is 11.3 Å². The van der Waals surface area contributed by atoms with E-state index < -0.39 is 21.6 Å². The zero-order valence-electron chi connectivity index (χ0n) is 14.2. The number of carbonyl (C=O) groups is 1. The number of nitrogens with two attached hydrogens (primary N) is 1. The highest BCUT2D eigenvalue weighted by molar-refractivity contribution is 7.92. The van der Waals surface area contributed by atoms with Crippen molar-refractivity contribution >= 4 is 33.0 Å². The molecule has 134 valence electrons. The number of sulfone groups is 1. The molecule has 0 bridgehead atoms.